The third-order valence-electron chi connectivity index (χ3n) is 5.59. The van der Waals surface area contributed by atoms with E-state index in [0.717, 1.165) is 6.54 Å². The van der Waals surface area contributed by atoms with Crippen LogP contribution in [-0.4, -0.2) is 54.8 Å². The molecule has 0 saturated heterocycles. The highest BCUT2D eigenvalue weighted by Crippen LogP contribution is 2.37. The number of carboxylic acids is 1. The molecule has 0 saturated carbocycles. The molecule has 0 fully saturated rings. The van der Waals surface area contributed by atoms with Crippen LogP contribution in [0.1, 0.15) is 22.6 Å². The van der Waals surface area contributed by atoms with E-state index in [1.165, 1.54) is 12.1 Å². The van der Waals surface area contributed by atoms with Crippen LogP contribution < -0.4 is 10.1 Å². The number of hydrogen-bond donors (Lipinski definition) is 2. The minimum Gasteiger partial charge on any atom is -0.492 e. The molecule has 180 valence electrons. The van der Waals surface area contributed by atoms with Crippen LogP contribution in [0.2, 0.25) is 0 Å². The van der Waals surface area contributed by atoms with Gasteiger partial charge in [-0.2, -0.15) is 0 Å². The number of benzene rings is 3. The zero-order valence-corrected chi connectivity index (χ0v) is 19.5. The molecule has 0 aromatic heterocycles. The van der Waals surface area contributed by atoms with E-state index in [4.69, 9.17) is 9.73 Å². The van der Waals surface area contributed by atoms with Crippen molar-refractivity contribution in [2.24, 2.45) is 4.99 Å². The van der Waals surface area contributed by atoms with Gasteiger partial charge in [0, 0.05) is 12.2 Å². The molecule has 0 radical (unpaired) electrons. The Labute approximate surface area is 202 Å². The lowest BCUT2D eigenvalue weighted by Crippen LogP contribution is -2.22. The number of carboxylic acid groups (broad SMARTS) is 1. The van der Waals surface area contributed by atoms with E-state index < -0.39 is 17.7 Å². The number of amides is 1. The minimum atomic E-state index is -0.954. The van der Waals surface area contributed by atoms with Crippen molar-refractivity contribution in [3.05, 3.63) is 89.2 Å². The van der Waals surface area contributed by atoms with Crippen LogP contribution in [0.4, 0.5) is 15.8 Å². The number of likely N-dealkylation sites (N-methyl/N-ethyl adjacent to an activating group) is 1. The first-order chi connectivity index (χ1) is 16.8. The normalized spacial score (nSPS) is 15.1. The molecule has 2 N–H and O–H groups in total. The number of nitrogens with zero attached hydrogens (tertiary/aromatic N) is 2. The van der Waals surface area contributed by atoms with Crippen molar-refractivity contribution in [2.75, 3.05) is 32.6 Å². The highest BCUT2D eigenvalue weighted by molar-refractivity contribution is 6.24. The summed E-state index contributed by atoms with van der Waals surface area (Å²) in [5.41, 5.74) is 3.27. The van der Waals surface area contributed by atoms with Gasteiger partial charge in [0.2, 0.25) is 5.91 Å². The van der Waals surface area contributed by atoms with E-state index in [2.05, 4.69) is 5.32 Å². The van der Waals surface area contributed by atoms with Crippen LogP contribution in [0.15, 0.2) is 71.7 Å². The molecule has 1 aliphatic heterocycles. The summed E-state index contributed by atoms with van der Waals surface area (Å²) in [5.74, 6) is -1.80. The number of ether oxygens (including phenoxy) is 1. The molecule has 3 aromatic rings. The molecule has 1 heterocycles. The van der Waals surface area contributed by atoms with Gasteiger partial charge in [0.25, 0.3) is 0 Å². The second kappa shape index (κ2) is 10.5. The van der Waals surface area contributed by atoms with Crippen molar-refractivity contribution in [1.29, 1.82) is 0 Å². The maximum atomic E-state index is 13.8. The van der Waals surface area contributed by atoms with Gasteiger partial charge in [0.1, 0.15) is 24.1 Å². The molecule has 8 heteroatoms. The van der Waals surface area contributed by atoms with Gasteiger partial charge < -0.3 is 20.1 Å². The van der Waals surface area contributed by atoms with Gasteiger partial charge in [-0.25, -0.2) is 4.39 Å². The van der Waals surface area contributed by atoms with Crippen molar-refractivity contribution < 1.29 is 23.8 Å². The van der Waals surface area contributed by atoms with Gasteiger partial charge in [0.05, 0.1) is 17.8 Å². The molecule has 1 atom stereocenters. The largest absolute Gasteiger partial charge is 0.492 e. The standard InChI is InChI=1S/C27H26FN3O4/c1-31(2)12-13-35-21-9-7-20(8-10-21)29-26(18-5-3-4-17(14-18)15-24(32)33)25-22-11-6-19(28)16-23(22)30-27(25)34/h3-11,14,16,25H,12-13,15H2,1-2H3,(H,30,34)(H,32,33). The van der Waals surface area contributed by atoms with E-state index in [1.54, 1.807) is 42.5 Å². The first kappa shape index (κ1) is 24.1. The number of nitrogens with one attached hydrogen (secondary N) is 1. The average molecular weight is 476 g/mol. The monoisotopic (exact) mass is 475 g/mol. The average Bonchev–Trinajstić information content (AvgIpc) is 3.12. The van der Waals surface area contributed by atoms with E-state index in [-0.39, 0.29) is 12.3 Å². The Morgan fingerprint density at radius 3 is 2.60 bits per heavy atom. The van der Waals surface area contributed by atoms with Crippen LogP contribution in [0.25, 0.3) is 0 Å². The molecule has 3 aromatic carbocycles. The Morgan fingerprint density at radius 1 is 1.11 bits per heavy atom. The van der Waals surface area contributed by atoms with E-state index >= 15 is 0 Å². The van der Waals surface area contributed by atoms with Crippen molar-refractivity contribution >= 4 is 29.0 Å². The molecular formula is C27H26FN3O4. The molecule has 1 unspecified atom stereocenters. The van der Waals surface area contributed by atoms with Crippen LogP contribution in [0, 0.1) is 5.82 Å². The number of carbonyl (C=O) groups is 2. The summed E-state index contributed by atoms with van der Waals surface area (Å²) >= 11 is 0. The second-order valence-corrected chi connectivity index (χ2v) is 8.57. The molecule has 4 rings (SSSR count). The van der Waals surface area contributed by atoms with Gasteiger partial charge >= 0.3 is 5.97 Å². The maximum absolute atomic E-state index is 13.8. The number of rotatable bonds is 9. The maximum Gasteiger partial charge on any atom is 0.307 e. The van der Waals surface area contributed by atoms with Gasteiger partial charge in [-0.05, 0) is 73.3 Å². The third kappa shape index (κ3) is 5.91. The molecule has 0 bridgehead atoms. The third-order valence-corrected chi connectivity index (χ3v) is 5.59. The molecule has 1 amide bonds. The number of carbonyl (C=O) groups excluding carboxylic acids is 1. The summed E-state index contributed by atoms with van der Waals surface area (Å²) in [6, 6.07) is 18.3. The van der Waals surface area contributed by atoms with Crippen molar-refractivity contribution in [3.63, 3.8) is 0 Å². The molecule has 0 spiro atoms. The van der Waals surface area contributed by atoms with Crippen LogP contribution >= 0.6 is 0 Å². The predicted molar refractivity (Wildman–Crippen MR) is 132 cm³/mol. The lowest BCUT2D eigenvalue weighted by Gasteiger charge is -2.15. The Hall–Kier alpha value is -4.04. The molecule has 0 aliphatic carbocycles. The minimum absolute atomic E-state index is 0.154. The summed E-state index contributed by atoms with van der Waals surface area (Å²) < 4.78 is 19.5. The number of fused-ring (bicyclic) bond motifs is 1. The van der Waals surface area contributed by atoms with Crippen LogP contribution in [0.3, 0.4) is 0 Å². The quantitative estimate of drug-likeness (QED) is 0.452. The van der Waals surface area contributed by atoms with Gasteiger partial charge in [-0.15, -0.1) is 0 Å². The molecule has 35 heavy (non-hydrogen) atoms. The summed E-state index contributed by atoms with van der Waals surface area (Å²) in [4.78, 5) is 31.1. The van der Waals surface area contributed by atoms with Gasteiger partial charge in [-0.3, -0.25) is 14.6 Å². The van der Waals surface area contributed by atoms with E-state index in [9.17, 15) is 19.1 Å². The number of halogens is 1. The summed E-state index contributed by atoms with van der Waals surface area (Å²) in [6.45, 7) is 1.33. The van der Waals surface area contributed by atoms with Gasteiger partial charge in [-0.1, -0.05) is 24.3 Å². The van der Waals surface area contributed by atoms with E-state index in [0.29, 0.717) is 46.1 Å². The SMILES string of the molecule is CN(C)CCOc1ccc(N=C(c2cccc(CC(=O)O)c2)C2C(=O)Nc3cc(F)ccc32)cc1. The van der Waals surface area contributed by atoms with Crippen molar-refractivity contribution in [1.82, 2.24) is 4.90 Å². The first-order valence-corrected chi connectivity index (χ1v) is 11.2. The molecule has 7 nitrogen and oxygen atoms in total. The molecule has 1 aliphatic rings. The highest BCUT2D eigenvalue weighted by atomic mass is 19.1. The fourth-order valence-electron chi connectivity index (χ4n) is 3.92. The number of aliphatic carboxylic acids is 1. The summed E-state index contributed by atoms with van der Waals surface area (Å²) in [7, 11) is 3.94. The Balaban J connectivity index is 1.73. The number of aliphatic imine (C=N–C) groups is 1. The summed E-state index contributed by atoms with van der Waals surface area (Å²) in [6.07, 6.45) is -0.154. The van der Waals surface area contributed by atoms with Crippen molar-refractivity contribution in [3.8, 4) is 5.75 Å². The van der Waals surface area contributed by atoms with Gasteiger partial charge in [0.15, 0.2) is 0 Å². The summed E-state index contributed by atoms with van der Waals surface area (Å²) in [5, 5.41) is 11.9. The van der Waals surface area contributed by atoms with Crippen LogP contribution in [-0.2, 0) is 16.0 Å². The fraction of sp³-hybridized carbons (Fsp3) is 0.222. The first-order valence-electron chi connectivity index (χ1n) is 11.2. The number of hydrogen-bond acceptors (Lipinski definition) is 5. The predicted octanol–water partition coefficient (Wildman–Crippen LogP) is 4.25. The lowest BCUT2D eigenvalue weighted by molar-refractivity contribution is -0.136. The zero-order valence-electron chi connectivity index (χ0n) is 19.5. The lowest BCUT2D eigenvalue weighted by atomic mass is 9.89. The Kier molecular flexibility index (Phi) is 7.22. The Morgan fingerprint density at radius 2 is 1.89 bits per heavy atom. The van der Waals surface area contributed by atoms with Crippen molar-refractivity contribution in [2.45, 2.75) is 12.3 Å². The van der Waals surface area contributed by atoms with E-state index in [1.807, 2.05) is 31.1 Å². The fourth-order valence-corrected chi connectivity index (χ4v) is 3.92. The highest BCUT2D eigenvalue weighted by Gasteiger charge is 2.35. The smallest absolute Gasteiger partial charge is 0.307 e. The molecular weight excluding hydrogens is 449 g/mol. The zero-order chi connectivity index (χ0) is 24.9. The number of anilines is 1. The Bertz CT molecular complexity index is 1270. The topological polar surface area (TPSA) is 91.2 Å². The van der Waals surface area contributed by atoms with Crippen LogP contribution in [0.5, 0.6) is 5.75 Å². The second-order valence-electron chi connectivity index (χ2n) is 8.57.